The lowest BCUT2D eigenvalue weighted by Crippen LogP contribution is -2.48. The van der Waals surface area contributed by atoms with Crippen LogP contribution in [0.1, 0.15) is 39.5 Å². The number of nitrogens with one attached hydrogen (secondary N) is 1. The van der Waals surface area contributed by atoms with Crippen molar-refractivity contribution in [2.45, 2.75) is 45.1 Å². The molecule has 1 aliphatic rings. The molecule has 2 rings (SSSR count). The van der Waals surface area contributed by atoms with Crippen molar-refractivity contribution >= 4 is 33.2 Å². The Labute approximate surface area is 135 Å². The highest BCUT2D eigenvalue weighted by molar-refractivity contribution is 9.10. The molecule has 0 heterocycles. The minimum Gasteiger partial charge on any atom is -0.378 e. The Balaban J connectivity index is 2.07. The second-order valence-corrected chi connectivity index (χ2v) is 7.58. The van der Waals surface area contributed by atoms with E-state index in [0.717, 1.165) is 39.9 Å². The average Bonchev–Trinajstić information content (AvgIpc) is 2.43. The van der Waals surface area contributed by atoms with Crippen LogP contribution in [0.25, 0.3) is 0 Å². The molecule has 112 valence electrons. The third-order valence-corrected chi connectivity index (χ3v) is 5.88. The normalized spacial score (nSPS) is 26.8. The number of nitrogens with two attached hydrogens (primary N) is 1. The molecule has 0 bridgehead atoms. The summed E-state index contributed by atoms with van der Waals surface area (Å²) in [6.45, 7) is 5.32. The van der Waals surface area contributed by atoms with Gasteiger partial charge in [-0.05, 0) is 71.6 Å². The molecule has 0 aromatic heterocycles. The smallest absolute Gasteiger partial charge is 0.0568 e. The van der Waals surface area contributed by atoms with E-state index in [9.17, 15) is 0 Å². The fourth-order valence-corrected chi connectivity index (χ4v) is 3.55. The third-order valence-electron chi connectivity index (χ3n) is 4.65. The van der Waals surface area contributed by atoms with Crippen LogP contribution in [0.2, 0.25) is 5.02 Å². The van der Waals surface area contributed by atoms with Crippen molar-refractivity contribution < 1.29 is 0 Å². The number of halogens is 2. The molecule has 2 nitrogen and oxygen atoms in total. The lowest BCUT2D eigenvalue weighted by atomic mass is 9.72. The maximum atomic E-state index is 6.17. The SMILES string of the molecule is CC(C)C1CCC(CN)(Nc2ccc(Br)c(Cl)c2)CC1. The van der Waals surface area contributed by atoms with Crippen molar-refractivity contribution in [2.24, 2.45) is 17.6 Å². The van der Waals surface area contributed by atoms with E-state index in [1.54, 1.807) is 0 Å². The zero-order valence-corrected chi connectivity index (χ0v) is 14.6. The van der Waals surface area contributed by atoms with E-state index < -0.39 is 0 Å². The van der Waals surface area contributed by atoms with Gasteiger partial charge in [-0.1, -0.05) is 25.4 Å². The van der Waals surface area contributed by atoms with Gasteiger partial charge in [0.25, 0.3) is 0 Å². The minimum absolute atomic E-state index is 0.0303. The zero-order chi connectivity index (χ0) is 14.8. The Morgan fingerprint density at radius 1 is 1.40 bits per heavy atom. The average molecular weight is 360 g/mol. The van der Waals surface area contributed by atoms with E-state index in [-0.39, 0.29) is 5.54 Å². The van der Waals surface area contributed by atoms with Crippen LogP contribution in [0.3, 0.4) is 0 Å². The largest absolute Gasteiger partial charge is 0.378 e. The number of rotatable bonds is 4. The van der Waals surface area contributed by atoms with E-state index in [2.05, 4.69) is 41.2 Å². The van der Waals surface area contributed by atoms with Gasteiger partial charge in [0.1, 0.15) is 0 Å². The summed E-state index contributed by atoms with van der Waals surface area (Å²) in [6, 6.07) is 6.01. The topological polar surface area (TPSA) is 38.0 Å². The van der Waals surface area contributed by atoms with Crippen LogP contribution >= 0.6 is 27.5 Å². The number of hydrogen-bond donors (Lipinski definition) is 2. The van der Waals surface area contributed by atoms with Crippen molar-refractivity contribution in [3.8, 4) is 0 Å². The molecule has 0 saturated heterocycles. The highest BCUT2D eigenvalue weighted by Crippen LogP contribution is 2.38. The standard InChI is InChI=1S/C16H24BrClN2/c1-11(2)12-5-7-16(10-19,8-6-12)20-13-3-4-14(17)15(18)9-13/h3-4,9,11-12,20H,5-8,10,19H2,1-2H3. The summed E-state index contributed by atoms with van der Waals surface area (Å²) in [5.41, 5.74) is 7.16. The third kappa shape index (κ3) is 3.69. The second-order valence-electron chi connectivity index (χ2n) is 6.32. The van der Waals surface area contributed by atoms with Crippen LogP contribution in [-0.4, -0.2) is 12.1 Å². The van der Waals surface area contributed by atoms with Crippen molar-refractivity contribution in [3.05, 3.63) is 27.7 Å². The van der Waals surface area contributed by atoms with Crippen molar-refractivity contribution in [3.63, 3.8) is 0 Å². The molecule has 1 aliphatic carbocycles. The second kappa shape index (κ2) is 6.67. The summed E-state index contributed by atoms with van der Waals surface area (Å²) in [5, 5.41) is 4.38. The van der Waals surface area contributed by atoms with Gasteiger partial charge in [0, 0.05) is 22.2 Å². The molecule has 1 aromatic rings. The van der Waals surface area contributed by atoms with Gasteiger partial charge in [0.05, 0.1) is 5.02 Å². The summed E-state index contributed by atoms with van der Waals surface area (Å²) >= 11 is 9.59. The zero-order valence-electron chi connectivity index (χ0n) is 12.3. The van der Waals surface area contributed by atoms with E-state index in [1.165, 1.54) is 12.8 Å². The quantitative estimate of drug-likeness (QED) is 0.788. The van der Waals surface area contributed by atoms with E-state index in [1.807, 2.05) is 12.1 Å². The summed E-state index contributed by atoms with van der Waals surface area (Å²) in [7, 11) is 0. The van der Waals surface area contributed by atoms with Gasteiger partial charge in [-0.15, -0.1) is 0 Å². The van der Waals surface area contributed by atoms with Crippen LogP contribution in [0, 0.1) is 11.8 Å². The molecule has 4 heteroatoms. The summed E-state index contributed by atoms with van der Waals surface area (Å²) in [6.07, 6.45) is 4.79. The van der Waals surface area contributed by atoms with Crippen LogP contribution in [0.5, 0.6) is 0 Å². The Kier molecular flexibility index (Phi) is 5.38. The molecule has 1 saturated carbocycles. The predicted octanol–water partition coefficient (Wildman–Crippen LogP) is 5.06. The lowest BCUT2D eigenvalue weighted by Gasteiger charge is -2.42. The predicted molar refractivity (Wildman–Crippen MR) is 91.4 cm³/mol. The van der Waals surface area contributed by atoms with Gasteiger partial charge in [-0.3, -0.25) is 0 Å². The van der Waals surface area contributed by atoms with Gasteiger partial charge >= 0.3 is 0 Å². The van der Waals surface area contributed by atoms with Crippen molar-refractivity contribution in [2.75, 3.05) is 11.9 Å². The maximum absolute atomic E-state index is 6.17. The first kappa shape index (κ1) is 16.1. The highest BCUT2D eigenvalue weighted by atomic mass is 79.9. The summed E-state index contributed by atoms with van der Waals surface area (Å²) in [5.74, 6) is 1.61. The van der Waals surface area contributed by atoms with Crippen molar-refractivity contribution in [1.29, 1.82) is 0 Å². The summed E-state index contributed by atoms with van der Waals surface area (Å²) < 4.78 is 0.926. The molecule has 0 spiro atoms. The lowest BCUT2D eigenvalue weighted by molar-refractivity contribution is 0.213. The van der Waals surface area contributed by atoms with Crippen LogP contribution < -0.4 is 11.1 Å². The van der Waals surface area contributed by atoms with Crippen LogP contribution in [0.4, 0.5) is 5.69 Å². The summed E-state index contributed by atoms with van der Waals surface area (Å²) in [4.78, 5) is 0. The number of benzene rings is 1. The molecule has 3 N–H and O–H groups in total. The van der Waals surface area contributed by atoms with Gasteiger partial charge in [0.15, 0.2) is 0 Å². The molecule has 0 aliphatic heterocycles. The number of hydrogen-bond acceptors (Lipinski definition) is 2. The van der Waals surface area contributed by atoms with E-state index in [0.29, 0.717) is 6.54 Å². The fraction of sp³-hybridized carbons (Fsp3) is 0.625. The van der Waals surface area contributed by atoms with Crippen molar-refractivity contribution in [1.82, 2.24) is 0 Å². The monoisotopic (exact) mass is 358 g/mol. The molecule has 0 radical (unpaired) electrons. The molecule has 1 aromatic carbocycles. The van der Waals surface area contributed by atoms with E-state index >= 15 is 0 Å². The first-order valence-corrected chi connectivity index (χ1v) is 8.56. The van der Waals surface area contributed by atoms with Gasteiger partial charge in [-0.2, -0.15) is 0 Å². The molecule has 0 atom stereocenters. The molecular formula is C16H24BrClN2. The first-order chi connectivity index (χ1) is 9.46. The Hall–Kier alpha value is -0.250. The van der Waals surface area contributed by atoms with Crippen LogP contribution in [-0.2, 0) is 0 Å². The number of anilines is 1. The van der Waals surface area contributed by atoms with Gasteiger partial charge in [0.2, 0.25) is 0 Å². The Morgan fingerprint density at radius 2 is 2.05 bits per heavy atom. The molecule has 1 fully saturated rings. The minimum atomic E-state index is 0.0303. The molecular weight excluding hydrogens is 336 g/mol. The van der Waals surface area contributed by atoms with E-state index in [4.69, 9.17) is 17.3 Å². The van der Waals surface area contributed by atoms with Gasteiger partial charge in [-0.25, -0.2) is 0 Å². The highest BCUT2D eigenvalue weighted by Gasteiger charge is 2.34. The fourth-order valence-electron chi connectivity index (χ4n) is 3.12. The molecule has 0 unspecified atom stereocenters. The molecule has 20 heavy (non-hydrogen) atoms. The Morgan fingerprint density at radius 3 is 2.55 bits per heavy atom. The van der Waals surface area contributed by atoms with Gasteiger partial charge < -0.3 is 11.1 Å². The molecule has 0 amide bonds. The Bertz CT molecular complexity index is 454. The first-order valence-electron chi connectivity index (χ1n) is 7.39. The maximum Gasteiger partial charge on any atom is 0.0568 e. The van der Waals surface area contributed by atoms with Crippen LogP contribution in [0.15, 0.2) is 22.7 Å².